The van der Waals surface area contributed by atoms with Gasteiger partial charge in [0, 0.05) is 27.6 Å². The van der Waals surface area contributed by atoms with Crippen molar-refractivity contribution in [2.75, 3.05) is 21.1 Å². The van der Waals surface area contributed by atoms with Crippen molar-refractivity contribution in [3.05, 3.63) is 70.8 Å². The number of nitrogens with one attached hydrogen (secondary N) is 2. The Hall–Kier alpha value is -3.44. The second-order valence-electron chi connectivity index (χ2n) is 8.65. The van der Waals surface area contributed by atoms with Gasteiger partial charge < -0.3 is 14.5 Å². The Morgan fingerprint density at radius 3 is 1.90 bits per heavy atom. The molecule has 0 atom stereocenters. The summed E-state index contributed by atoms with van der Waals surface area (Å²) in [6, 6.07) is 14.7. The van der Waals surface area contributed by atoms with Crippen LogP contribution in [0.5, 0.6) is 0 Å². The van der Waals surface area contributed by atoms with Crippen LogP contribution in [-0.2, 0) is 6.54 Å². The van der Waals surface area contributed by atoms with E-state index in [9.17, 15) is 0 Å². The molecule has 0 aromatic carbocycles. The summed E-state index contributed by atoms with van der Waals surface area (Å²) in [5.41, 5.74) is 9.26. The van der Waals surface area contributed by atoms with E-state index in [0.29, 0.717) is 0 Å². The van der Waals surface area contributed by atoms with Gasteiger partial charge in [-0.2, -0.15) is 0 Å². The van der Waals surface area contributed by atoms with Gasteiger partial charge in [-0.15, -0.1) is 0 Å². The van der Waals surface area contributed by atoms with Gasteiger partial charge in [0.15, 0.2) is 0 Å². The molecule has 2 aliphatic rings. The first-order chi connectivity index (χ1) is 13.9. The molecule has 2 N–H and O–H groups in total. The summed E-state index contributed by atoms with van der Waals surface area (Å²) in [6.45, 7) is 0.930. The first-order valence-corrected chi connectivity index (χ1v) is 9.77. The molecular weight excluding hydrogens is 358 g/mol. The van der Waals surface area contributed by atoms with Crippen LogP contribution in [0.25, 0.3) is 46.4 Å². The lowest BCUT2D eigenvalue weighted by atomic mass is 10.2. The van der Waals surface area contributed by atoms with Crippen LogP contribution in [0, 0.1) is 0 Å². The maximum absolute atomic E-state index is 4.75. The van der Waals surface area contributed by atoms with Gasteiger partial charge in [-0.1, -0.05) is 0 Å². The van der Waals surface area contributed by atoms with E-state index in [1.165, 1.54) is 5.56 Å². The third kappa shape index (κ3) is 3.91. The normalized spacial score (nSPS) is 13.2. The molecule has 0 fully saturated rings. The predicted octanol–water partition coefficient (Wildman–Crippen LogP) is 4.86. The maximum Gasteiger partial charge on any atom is 0.106 e. The quantitative estimate of drug-likeness (QED) is 0.428. The van der Waals surface area contributed by atoms with E-state index < -0.39 is 0 Å². The van der Waals surface area contributed by atoms with Crippen LogP contribution >= 0.6 is 0 Å². The van der Waals surface area contributed by atoms with Gasteiger partial charge in [-0.05, 0) is 66.8 Å². The lowest BCUT2D eigenvalue weighted by molar-refractivity contribution is -0.883. The molecule has 5 nitrogen and oxygen atoms in total. The lowest BCUT2D eigenvalue weighted by Gasteiger charge is -2.23. The minimum absolute atomic E-state index is 0.859. The largest absolute Gasteiger partial charge is 0.355 e. The molecule has 0 radical (unpaired) electrons. The Morgan fingerprint density at radius 2 is 1.24 bits per heavy atom. The molecule has 0 unspecified atom stereocenters. The van der Waals surface area contributed by atoms with Gasteiger partial charge >= 0.3 is 0 Å². The number of nitrogens with zero attached hydrogens (tertiary/aromatic N) is 3. The van der Waals surface area contributed by atoms with E-state index in [1.54, 1.807) is 0 Å². The average molecular weight is 382 g/mol. The highest BCUT2D eigenvalue weighted by Gasteiger charge is 2.12. The molecule has 0 saturated carbocycles. The Bertz CT molecular complexity index is 1310. The third-order valence-electron chi connectivity index (χ3n) is 4.90. The highest BCUT2D eigenvalue weighted by atomic mass is 15.3. The molecule has 8 bridgehead atoms. The summed E-state index contributed by atoms with van der Waals surface area (Å²) in [4.78, 5) is 16.5. The number of fused-ring (bicyclic) bond motifs is 8. The van der Waals surface area contributed by atoms with Crippen LogP contribution in [0.1, 0.15) is 28.3 Å². The molecule has 5 heterocycles. The van der Waals surface area contributed by atoms with Crippen molar-refractivity contribution in [1.29, 1.82) is 0 Å². The van der Waals surface area contributed by atoms with E-state index in [2.05, 4.69) is 78.6 Å². The molecule has 144 valence electrons. The van der Waals surface area contributed by atoms with Crippen LogP contribution in [0.3, 0.4) is 0 Å². The number of hydrogen-bond acceptors (Lipinski definition) is 2. The number of rotatable bonds is 2. The van der Waals surface area contributed by atoms with Crippen molar-refractivity contribution in [2.24, 2.45) is 0 Å². The van der Waals surface area contributed by atoms with Gasteiger partial charge in [0.2, 0.25) is 0 Å². The summed E-state index contributed by atoms with van der Waals surface area (Å²) < 4.78 is 0.859. The zero-order valence-corrected chi connectivity index (χ0v) is 16.9. The van der Waals surface area contributed by atoms with E-state index in [0.717, 1.165) is 55.9 Å². The lowest BCUT2D eigenvalue weighted by Crippen LogP contribution is -2.33. The van der Waals surface area contributed by atoms with Crippen LogP contribution in [0.4, 0.5) is 0 Å². The average Bonchev–Trinajstić information content (AvgIpc) is 3.39. The van der Waals surface area contributed by atoms with E-state index >= 15 is 0 Å². The number of H-pyrrole nitrogens is 2. The van der Waals surface area contributed by atoms with Crippen LogP contribution < -0.4 is 0 Å². The standard InChI is InChI=1S/C24H24N5/c1-29(2,3)15-16-10-23-13-21-7-6-19(26-21)11-17-4-5-18(25-17)12-20-8-9-22(27-20)14-24(16)28-23/h4-14,26,28H,15H2,1-3H3/q+1. The topological polar surface area (TPSA) is 57.4 Å². The fourth-order valence-corrected chi connectivity index (χ4v) is 3.72. The molecule has 5 heteroatoms. The highest BCUT2D eigenvalue weighted by Crippen LogP contribution is 2.21. The van der Waals surface area contributed by atoms with Crippen molar-refractivity contribution in [1.82, 2.24) is 19.9 Å². The fraction of sp³-hybridized carbons (Fsp3) is 0.167. The third-order valence-corrected chi connectivity index (χ3v) is 4.90. The van der Waals surface area contributed by atoms with Gasteiger partial charge in [-0.3, -0.25) is 0 Å². The molecule has 0 amide bonds. The smallest absolute Gasteiger partial charge is 0.106 e. The summed E-state index contributed by atoms with van der Waals surface area (Å²) in [6.07, 6.45) is 8.14. The molecule has 2 aliphatic heterocycles. The van der Waals surface area contributed by atoms with Crippen molar-refractivity contribution in [3.8, 4) is 0 Å². The molecule has 0 spiro atoms. The Kier molecular flexibility index (Phi) is 4.00. The number of quaternary nitrogens is 1. The van der Waals surface area contributed by atoms with Crippen molar-refractivity contribution >= 4 is 46.4 Å². The van der Waals surface area contributed by atoms with E-state index in [4.69, 9.17) is 4.98 Å². The Labute approximate surface area is 169 Å². The van der Waals surface area contributed by atoms with E-state index in [-0.39, 0.29) is 0 Å². The van der Waals surface area contributed by atoms with Gasteiger partial charge in [0.05, 0.1) is 43.9 Å². The zero-order valence-electron chi connectivity index (χ0n) is 16.9. The zero-order chi connectivity index (χ0) is 20.0. The van der Waals surface area contributed by atoms with Crippen molar-refractivity contribution in [3.63, 3.8) is 0 Å². The molecular formula is C24H24N5+. The summed E-state index contributed by atoms with van der Waals surface area (Å²) in [7, 11) is 6.62. The molecule has 0 aliphatic carbocycles. The first-order valence-electron chi connectivity index (χ1n) is 9.77. The summed E-state index contributed by atoms with van der Waals surface area (Å²) in [5.74, 6) is 0. The molecule has 29 heavy (non-hydrogen) atoms. The van der Waals surface area contributed by atoms with Crippen molar-refractivity contribution in [2.45, 2.75) is 6.54 Å². The number of aromatic amines is 2. The summed E-state index contributed by atoms with van der Waals surface area (Å²) >= 11 is 0. The SMILES string of the molecule is C[N+](C)(C)Cc1cc2cc3ccc(cc4nc(cc5nc(cc1[nH]2)C=C5)C=C4)[nH]3. The van der Waals surface area contributed by atoms with E-state index in [1.807, 2.05) is 24.3 Å². The monoisotopic (exact) mass is 382 g/mol. The molecule has 5 rings (SSSR count). The molecule has 3 aromatic rings. The predicted molar refractivity (Wildman–Crippen MR) is 121 cm³/mol. The van der Waals surface area contributed by atoms with Gasteiger partial charge in [0.25, 0.3) is 0 Å². The highest BCUT2D eigenvalue weighted by molar-refractivity contribution is 5.78. The van der Waals surface area contributed by atoms with Crippen LogP contribution in [-0.4, -0.2) is 45.6 Å². The van der Waals surface area contributed by atoms with Crippen molar-refractivity contribution < 1.29 is 4.48 Å². The molecule has 0 saturated heterocycles. The second kappa shape index (κ2) is 6.57. The second-order valence-corrected chi connectivity index (χ2v) is 8.65. The summed E-state index contributed by atoms with van der Waals surface area (Å²) in [5, 5.41) is 0. The van der Waals surface area contributed by atoms with Crippen LogP contribution in [0.15, 0.2) is 42.5 Å². The first kappa shape index (κ1) is 17.6. The maximum atomic E-state index is 4.75. The number of hydrogen-bond donors (Lipinski definition) is 2. The van der Waals surface area contributed by atoms with Crippen LogP contribution in [0.2, 0.25) is 0 Å². The Morgan fingerprint density at radius 1 is 0.655 bits per heavy atom. The fourth-order valence-electron chi connectivity index (χ4n) is 3.72. The Balaban J connectivity index is 1.81. The van der Waals surface area contributed by atoms with Gasteiger partial charge in [-0.25, -0.2) is 9.97 Å². The minimum atomic E-state index is 0.859. The van der Waals surface area contributed by atoms with Gasteiger partial charge in [0.1, 0.15) is 6.54 Å². The minimum Gasteiger partial charge on any atom is -0.355 e. The molecule has 3 aromatic heterocycles. The number of aromatic nitrogens is 4.